The molecule has 0 aliphatic carbocycles. The van der Waals surface area contributed by atoms with Gasteiger partial charge in [0.1, 0.15) is 12.6 Å². The molecule has 0 radical (unpaired) electrons. The van der Waals surface area contributed by atoms with E-state index in [4.69, 9.17) is 5.26 Å². The summed E-state index contributed by atoms with van der Waals surface area (Å²) in [4.78, 5) is 34.3. The summed E-state index contributed by atoms with van der Waals surface area (Å²) < 4.78 is 28.5. The van der Waals surface area contributed by atoms with Crippen molar-refractivity contribution in [2.45, 2.75) is 31.9 Å². The summed E-state index contributed by atoms with van der Waals surface area (Å²) in [6.07, 6.45) is 2.11. The number of carbonyl (C=O) groups is 2. The summed E-state index contributed by atoms with van der Waals surface area (Å²) in [5.74, 6) is -3.90. The number of carbonyl (C=O) groups excluding carboxylic acids is 2. The van der Waals surface area contributed by atoms with Crippen molar-refractivity contribution in [2.75, 3.05) is 13.1 Å². The van der Waals surface area contributed by atoms with E-state index < -0.39 is 43.3 Å². The number of fused-ring (bicyclic) bond motifs is 1. The van der Waals surface area contributed by atoms with E-state index in [9.17, 15) is 18.4 Å². The van der Waals surface area contributed by atoms with Crippen LogP contribution in [0, 0.1) is 18.3 Å². The minimum atomic E-state index is -3.11. The molecule has 1 saturated heterocycles. The molecule has 0 bridgehead atoms. The number of hydrogen-bond acceptors (Lipinski definition) is 6. The number of rotatable bonds is 5. The van der Waals surface area contributed by atoms with E-state index in [1.54, 1.807) is 6.07 Å². The highest BCUT2D eigenvalue weighted by Gasteiger charge is 2.47. The zero-order chi connectivity index (χ0) is 22.9. The molecular weight excluding hydrogens is 420 g/mol. The summed E-state index contributed by atoms with van der Waals surface area (Å²) in [5, 5.41) is 16.5. The van der Waals surface area contributed by atoms with Crippen LogP contribution in [-0.4, -0.2) is 61.5 Å². The number of aromatic nitrogens is 4. The predicted octanol–water partition coefficient (Wildman–Crippen LogP) is 1.67. The molecule has 9 nitrogen and oxygen atoms in total. The fourth-order valence-electron chi connectivity index (χ4n) is 3.63. The highest BCUT2D eigenvalue weighted by molar-refractivity contribution is 5.96. The largest absolute Gasteiger partial charge is 0.343 e. The van der Waals surface area contributed by atoms with Crippen LogP contribution in [0.25, 0.3) is 10.9 Å². The van der Waals surface area contributed by atoms with Crippen molar-refractivity contribution in [3.8, 4) is 6.07 Å². The molecule has 3 aromatic rings. The number of nitrogens with zero attached hydrogens (tertiary/aromatic N) is 6. The van der Waals surface area contributed by atoms with Crippen LogP contribution in [0.3, 0.4) is 0 Å². The van der Waals surface area contributed by atoms with Crippen LogP contribution in [0.1, 0.15) is 28.3 Å². The molecule has 2 aromatic heterocycles. The second-order valence-corrected chi connectivity index (χ2v) is 7.58. The molecule has 1 aliphatic rings. The minimum Gasteiger partial charge on any atom is -0.343 e. The molecule has 11 heteroatoms. The fourth-order valence-corrected chi connectivity index (χ4v) is 3.63. The zero-order valence-corrected chi connectivity index (χ0v) is 17.1. The third-order valence-corrected chi connectivity index (χ3v) is 5.18. The molecule has 2 amide bonds. The predicted molar refractivity (Wildman–Crippen MR) is 109 cm³/mol. The Morgan fingerprint density at radius 2 is 2.09 bits per heavy atom. The lowest BCUT2D eigenvalue weighted by Gasteiger charge is -2.19. The monoisotopic (exact) mass is 439 g/mol. The van der Waals surface area contributed by atoms with Gasteiger partial charge < -0.3 is 10.2 Å². The summed E-state index contributed by atoms with van der Waals surface area (Å²) in [6.45, 7) is 0.804. The van der Waals surface area contributed by atoms with Crippen molar-refractivity contribution in [3.63, 3.8) is 0 Å². The maximum atomic E-state index is 13.5. The number of amides is 2. The third kappa shape index (κ3) is 4.39. The summed E-state index contributed by atoms with van der Waals surface area (Å²) in [6, 6.07) is 8.12. The van der Waals surface area contributed by atoms with Gasteiger partial charge in [0.25, 0.3) is 11.8 Å². The molecule has 0 saturated carbocycles. The number of aryl methyl sites for hydroxylation is 1. The Kier molecular flexibility index (Phi) is 5.52. The van der Waals surface area contributed by atoms with E-state index in [2.05, 4.69) is 20.4 Å². The van der Waals surface area contributed by atoms with Gasteiger partial charge in [0, 0.05) is 23.7 Å². The minimum absolute atomic E-state index is 0.193. The van der Waals surface area contributed by atoms with E-state index in [1.165, 1.54) is 17.1 Å². The van der Waals surface area contributed by atoms with Crippen LogP contribution >= 0.6 is 0 Å². The fraction of sp³-hybridized carbons (Fsp3) is 0.333. The summed E-state index contributed by atoms with van der Waals surface area (Å²) in [7, 11) is 0. The first-order valence-electron chi connectivity index (χ1n) is 9.85. The summed E-state index contributed by atoms with van der Waals surface area (Å²) in [5.41, 5.74) is 1.83. The van der Waals surface area contributed by atoms with Gasteiger partial charge in [0.05, 0.1) is 36.4 Å². The normalized spacial score (nSPS) is 17.3. The average Bonchev–Trinajstić information content (AvgIpc) is 3.35. The van der Waals surface area contributed by atoms with Crippen molar-refractivity contribution < 1.29 is 18.4 Å². The van der Waals surface area contributed by atoms with Crippen LogP contribution in [-0.2, 0) is 11.3 Å². The molecule has 1 atom stereocenters. The molecule has 1 aromatic carbocycles. The number of likely N-dealkylation sites (tertiary alicyclic amines) is 1. The van der Waals surface area contributed by atoms with Gasteiger partial charge in [-0.25, -0.2) is 18.7 Å². The van der Waals surface area contributed by atoms with Gasteiger partial charge in [-0.1, -0.05) is 18.2 Å². The second kappa shape index (κ2) is 8.30. The first-order valence-corrected chi connectivity index (χ1v) is 9.85. The molecule has 3 heterocycles. The number of para-hydroxylation sites is 1. The number of nitriles is 1. The lowest BCUT2D eigenvalue weighted by Crippen LogP contribution is -2.42. The number of nitrogens with one attached hydrogen (secondary N) is 1. The maximum absolute atomic E-state index is 13.5. The van der Waals surface area contributed by atoms with Crippen molar-refractivity contribution in [2.24, 2.45) is 0 Å². The molecule has 32 heavy (non-hydrogen) atoms. The van der Waals surface area contributed by atoms with Crippen LogP contribution in [0.4, 0.5) is 8.78 Å². The van der Waals surface area contributed by atoms with Gasteiger partial charge in [0.15, 0.2) is 5.82 Å². The van der Waals surface area contributed by atoms with Crippen LogP contribution in [0.5, 0.6) is 0 Å². The van der Waals surface area contributed by atoms with Gasteiger partial charge in [-0.3, -0.25) is 14.3 Å². The highest BCUT2D eigenvalue weighted by Crippen LogP contribution is 2.31. The number of halogens is 2. The first-order chi connectivity index (χ1) is 15.3. The zero-order valence-electron chi connectivity index (χ0n) is 17.1. The number of hydrogen-bond donors (Lipinski definition) is 1. The SMILES string of the molecule is Cc1nc(Cn2cc(C(=O)NCC(=O)N3CC(F)(F)C[C@H]3C#N)cn2)nc2ccccc12. The lowest BCUT2D eigenvalue weighted by molar-refractivity contribution is -0.131. The Morgan fingerprint density at radius 3 is 2.88 bits per heavy atom. The number of alkyl halides is 2. The van der Waals surface area contributed by atoms with Crippen molar-refractivity contribution in [1.29, 1.82) is 5.26 Å². The molecule has 1 aliphatic heterocycles. The van der Waals surface area contributed by atoms with Crippen molar-refractivity contribution >= 4 is 22.7 Å². The topological polar surface area (TPSA) is 117 Å². The van der Waals surface area contributed by atoms with Crippen LogP contribution in [0.15, 0.2) is 36.7 Å². The number of benzene rings is 1. The van der Waals surface area contributed by atoms with Gasteiger partial charge in [-0.05, 0) is 13.0 Å². The highest BCUT2D eigenvalue weighted by atomic mass is 19.3. The Bertz CT molecular complexity index is 1230. The molecule has 1 fully saturated rings. The third-order valence-electron chi connectivity index (χ3n) is 5.18. The molecular formula is C21H19F2N7O2. The van der Waals surface area contributed by atoms with Gasteiger partial charge in [0.2, 0.25) is 5.91 Å². The lowest BCUT2D eigenvalue weighted by atomic mass is 10.2. The van der Waals surface area contributed by atoms with Crippen molar-refractivity contribution in [3.05, 3.63) is 53.7 Å². The summed E-state index contributed by atoms with van der Waals surface area (Å²) >= 11 is 0. The Labute approximate surface area is 181 Å². The quantitative estimate of drug-likeness (QED) is 0.646. The van der Waals surface area contributed by atoms with E-state index in [-0.39, 0.29) is 12.1 Å². The van der Waals surface area contributed by atoms with Crippen LogP contribution < -0.4 is 5.32 Å². The smallest absolute Gasteiger partial charge is 0.268 e. The van der Waals surface area contributed by atoms with E-state index in [0.717, 1.165) is 21.5 Å². The van der Waals surface area contributed by atoms with E-state index in [1.807, 2.05) is 31.2 Å². The Balaban J connectivity index is 1.38. The molecule has 0 unspecified atom stereocenters. The molecule has 1 N–H and O–H groups in total. The molecule has 164 valence electrons. The second-order valence-electron chi connectivity index (χ2n) is 7.58. The maximum Gasteiger partial charge on any atom is 0.268 e. The Morgan fingerprint density at radius 1 is 1.31 bits per heavy atom. The van der Waals surface area contributed by atoms with Crippen LogP contribution in [0.2, 0.25) is 0 Å². The van der Waals surface area contributed by atoms with E-state index >= 15 is 0 Å². The molecule has 0 spiro atoms. The first kappa shape index (κ1) is 21.3. The van der Waals surface area contributed by atoms with Gasteiger partial charge in [-0.2, -0.15) is 10.4 Å². The Hall–Kier alpha value is -3.94. The molecule has 4 rings (SSSR count). The van der Waals surface area contributed by atoms with Crippen molar-refractivity contribution in [1.82, 2.24) is 30.0 Å². The standard InChI is InChI=1S/C21H19F2N7O2/c1-13-16-4-2-3-5-17(16)28-18(27-13)11-29-10-14(8-26-29)20(32)25-9-19(31)30-12-21(22,23)6-15(30)7-24/h2-5,8,10,15H,6,9,11-12H2,1H3,(H,25,32)/t15-/m0/s1. The van der Waals surface area contributed by atoms with E-state index in [0.29, 0.717) is 5.82 Å². The van der Waals surface area contributed by atoms with Gasteiger partial charge in [-0.15, -0.1) is 0 Å². The average molecular weight is 439 g/mol. The van der Waals surface area contributed by atoms with Gasteiger partial charge >= 0.3 is 0 Å².